The number of hydrogen-bond donors (Lipinski definition) is 1. The fourth-order valence-electron chi connectivity index (χ4n) is 3.12. The minimum atomic E-state index is -0.253. The molecule has 0 saturated heterocycles. The Hall–Kier alpha value is -2.74. The number of halogens is 2. The van der Waals surface area contributed by atoms with Crippen LogP contribution in [0.4, 0.5) is 5.13 Å². The number of carbonyl (C=O) groups is 1. The molecule has 1 amide bonds. The average Bonchev–Trinajstić information content (AvgIpc) is 3.15. The van der Waals surface area contributed by atoms with Gasteiger partial charge in [-0.3, -0.25) is 9.59 Å². The summed E-state index contributed by atoms with van der Waals surface area (Å²) in [5.74, 6) is -0.253. The summed E-state index contributed by atoms with van der Waals surface area (Å²) in [7, 11) is 1.57. The molecule has 0 saturated carbocycles. The number of benzene rings is 2. The standard InChI is InChI=1S/C21H16Cl2N4O2S/c1-27-20(29)16-5-3-2-4-15(16)18(26-27)10-19(28)25-21-24-11-14(30-21)8-12-6-7-13(22)9-17(12)23/h2-7,9,11H,8,10H2,1H3,(H,24,25,28). The molecule has 2 aromatic heterocycles. The molecule has 0 unspecified atom stereocenters. The first-order valence-electron chi connectivity index (χ1n) is 9.04. The maximum atomic E-state index is 12.6. The molecule has 0 radical (unpaired) electrons. The first-order valence-corrected chi connectivity index (χ1v) is 10.6. The highest BCUT2D eigenvalue weighted by Gasteiger charge is 2.14. The number of nitrogens with zero attached hydrogens (tertiary/aromatic N) is 3. The molecule has 4 rings (SSSR count). The highest BCUT2D eigenvalue weighted by molar-refractivity contribution is 7.15. The zero-order valence-corrected chi connectivity index (χ0v) is 18.2. The van der Waals surface area contributed by atoms with E-state index in [0.29, 0.717) is 38.1 Å². The second-order valence-electron chi connectivity index (χ2n) is 6.69. The SMILES string of the molecule is Cn1nc(CC(=O)Nc2ncc(Cc3ccc(Cl)cc3Cl)s2)c2ccccc2c1=O. The fourth-order valence-corrected chi connectivity index (χ4v) is 4.45. The van der Waals surface area contributed by atoms with Gasteiger partial charge in [-0.2, -0.15) is 5.10 Å². The van der Waals surface area contributed by atoms with Crippen LogP contribution in [0.2, 0.25) is 10.0 Å². The van der Waals surface area contributed by atoms with Crippen LogP contribution in [0.25, 0.3) is 10.8 Å². The first-order chi connectivity index (χ1) is 14.4. The minimum absolute atomic E-state index is 0.0343. The highest BCUT2D eigenvalue weighted by atomic mass is 35.5. The van der Waals surface area contributed by atoms with Crippen molar-refractivity contribution in [1.29, 1.82) is 0 Å². The van der Waals surface area contributed by atoms with Gasteiger partial charge in [0.2, 0.25) is 5.91 Å². The Bertz CT molecular complexity index is 1320. The Balaban J connectivity index is 1.49. The third-order valence-corrected chi connectivity index (χ3v) is 6.04. The van der Waals surface area contributed by atoms with Gasteiger partial charge in [0.15, 0.2) is 5.13 Å². The van der Waals surface area contributed by atoms with Crippen molar-refractivity contribution >= 4 is 56.3 Å². The van der Waals surface area contributed by atoms with E-state index in [2.05, 4.69) is 15.4 Å². The molecule has 30 heavy (non-hydrogen) atoms. The molecular formula is C21H16Cl2N4O2S. The van der Waals surface area contributed by atoms with Crippen LogP contribution in [0, 0.1) is 0 Å². The van der Waals surface area contributed by atoms with Crippen LogP contribution in [0.5, 0.6) is 0 Å². The molecule has 4 aromatic rings. The van der Waals surface area contributed by atoms with E-state index < -0.39 is 0 Å². The fraction of sp³-hybridized carbons (Fsp3) is 0.143. The normalized spacial score (nSPS) is 11.0. The Morgan fingerprint density at radius 3 is 2.70 bits per heavy atom. The van der Waals surface area contributed by atoms with Crippen LogP contribution < -0.4 is 10.9 Å². The van der Waals surface area contributed by atoms with Crippen molar-refractivity contribution in [3.8, 4) is 0 Å². The van der Waals surface area contributed by atoms with Gasteiger partial charge in [0.25, 0.3) is 5.56 Å². The number of nitrogens with one attached hydrogen (secondary N) is 1. The number of carbonyl (C=O) groups excluding carboxylic acids is 1. The van der Waals surface area contributed by atoms with Crippen molar-refractivity contribution < 1.29 is 4.79 Å². The Morgan fingerprint density at radius 2 is 1.93 bits per heavy atom. The van der Waals surface area contributed by atoms with Crippen LogP contribution in [0.1, 0.15) is 16.1 Å². The number of aromatic nitrogens is 3. The lowest BCUT2D eigenvalue weighted by Crippen LogP contribution is -2.24. The van der Waals surface area contributed by atoms with E-state index in [9.17, 15) is 9.59 Å². The molecule has 1 N–H and O–H groups in total. The summed E-state index contributed by atoms with van der Waals surface area (Å²) in [6.45, 7) is 0. The van der Waals surface area contributed by atoms with Gasteiger partial charge in [-0.05, 0) is 23.8 Å². The van der Waals surface area contributed by atoms with E-state index in [0.717, 1.165) is 10.4 Å². The quantitative estimate of drug-likeness (QED) is 0.478. The summed E-state index contributed by atoms with van der Waals surface area (Å²) in [5.41, 5.74) is 1.28. The molecule has 0 bridgehead atoms. The minimum Gasteiger partial charge on any atom is -0.302 e. The van der Waals surface area contributed by atoms with Crippen LogP contribution in [-0.2, 0) is 24.7 Å². The lowest BCUT2D eigenvalue weighted by Gasteiger charge is -2.07. The third kappa shape index (κ3) is 4.38. The van der Waals surface area contributed by atoms with Gasteiger partial charge in [-0.1, -0.05) is 47.5 Å². The monoisotopic (exact) mass is 458 g/mol. The van der Waals surface area contributed by atoms with Crippen LogP contribution in [0.15, 0.2) is 53.5 Å². The smallest absolute Gasteiger partial charge is 0.274 e. The van der Waals surface area contributed by atoms with Gasteiger partial charge in [-0.15, -0.1) is 11.3 Å². The van der Waals surface area contributed by atoms with Gasteiger partial charge in [0, 0.05) is 40.0 Å². The molecule has 9 heteroatoms. The van der Waals surface area contributed by atoms with Crippen molar-refractivity contribution in [2.45, 2.75) is 12.8 Å². The summed E-state index contributed by atoms with van der Waals surface area (Å²) < 4.78 is 1.25. The van der Waals surface area contributed by atoms with Crippen molar-refractivity contribution in [3.05, 3.63) is 85.2 Å². The molecule has 0 fully saturated rings. The average molecular weight is 459 g/mol. The lowest BCUT2D eigenvalue weighted by molar-refractivity contribution is -0.115. The van der Waals surface area contributed by atoms with E-state index in [1.54, 1.807) is 43.6 Å². The van der Waals surface area contributed by atoms with Gasteiger partial charge < -0.3 is 5.32 Å². The number of fused-ring (bicyclic) bond motifs is 1. The Morgan fingerprint density at radius 1 is 1.17 bits per heavy atom. The number of hydrogen-bond acceptors (Lipinski definition) is 5. The maximum absolute atomic E-state index is 12.6. The summed E-state index contributed by atoms with van der Waals surface area (Å²) in [4.78, 5) is 30.0. The predicted octanol–water partition coefficient (Wildman–Crippen LogP) is 4.47. The highest BCUT2D eigenvalue weighted by Crippen LogP contribution is 2.27. The van der Waals surface area contributed by atoms with E-state index in [4.69, 9.17) is 23.2 Å². The summed E-state index contributed by atoms with van der Waals surface area (Å²) in [6, 6.07) is 12.5. The molecule has 0 aliphatic carbocycles. The molecule has 0 aliphatic rings. The van der Waals surface area contributed by atoms with Crippen molar-refractivity contribution in [1.82, 2.24) is 14.8 Å². The number of amides is 1. The number of anilines is 1. The van der Waals surface area contributed by atoms with Crippen LogP contribution >= 0.6 is 34.5 Å². The van der Waals surface area contributed by atoms with Gasteiger partial charge in [-0.25, -0.2) is 9.67 Å². The molecule has 2 heterocycles. The molecule has 152 valence electrons. The number of aryl methyl sites for hydroxylation is 1. The predicted molar refractivity (Wildman–Crippen MR) is 121 cm³/mol. The Labute approximate surface area is 186 Å². The van der Waals surface area contributed by atoms with E-state index >= 15 is 0 Å². The van der Waals surface area contributed by atoms with Gasteiger partial charge >= 0.3 is 0 Å². The molecule has 0 atom stereocenters. The zero-order valence-electron chi connectivity index (χ0n) is 15.9. The molecule has 0 aliphatic heterocycles. The summed E-state index contributed by atoms with van der Waals surface area (Å²) >= 11 is 13.5. The topological polar surface area (TPSA) is 76.9 Å². The molecular weight excluding hydrogens is 443 g/mol. The molecule has 2 aromatic carbocycles. The zero-order chi connectivity index (χ0) is 21.3. The van der Waals surface area contributed by atoms with E-state index in [1.165, 1.54) is 16.0 Å². The molecule has 6 nitrogen and oxygen atoms in total. The van der Waals surface area contributed by atoms with Gasteiger partial charge in [0.05, 0.1) is 17.5 Å². The van der Waals surface area contributed by atoms with Crippen LogP contribution in [-0.4, -0.2) is 20.7 Å². The van der Waals surface area contributed by atoms with E-state index in [-0.39, 0.29) is 17.9 Å². The first kappa shape index (κ1) is 20.5. The summed E-state index contributed by atoms with van der Waals surface area (Å²) in [6.07, 6.45) is 2.34. The number of thiazole rings is 1. The lowest BCUT2D eigenvalue weighted by atomic mass is 10.1. The molecule has 0 spiro atoms. The second-order valence-corrected chi connectivity index (χ2v) is 8.65. The maximum Gasteiger partial charge on any atom is 0.274 e. The Kier molecular flexibility index (Phi) is 5.85. The second kappa shape index (κ2) is 8.55. The van der Waals surface area contributed by atoms with Crippen molar-refractivity contribution in [2.24, 2.45) is 7.05 Å². The van der Waals surface area contributed by atoms with Gasteiger partial charge in [0.1, 0.15) is 0 Å². The largest absolute Gasteiger partial charge is 0.302 e. The van der Waals surface area contributed by atoms with Crippen molar-refractivity contribution in [2.75, 3.05) is 5.32 Å². The third-order valence-electron chi connectivity index (χ3n) is 4.54. The summed E-state index contributed by atoms with van der Waals surface area (Å²) in [5, 5.41) is 9.95. The van der Waals surface area contributed by atoms with E-state index in [1.807, 2.05) is 12.1 Å². The number of rotatable bonds is 5. The van der Waals surface area contributed by atoms with Crippen molar-refractivity contribution in [3.63, 3.8) is 0 Å². The van der Waals surface area contributed by atoms with Crippen LogP contribution in [0.3, 0.4) is 0 Å².